The SMILES string of the molecule is CC(=O)Nc1cc(-c2c(-c3ccc(F)cc3)[nH]c(=S)n2C)ccn1. The topological polar surface area (TPSA) is 62.7 Å². The highest BCUT2D eigenvalue weighted by molar-refractivity contribution is 7.71. The quantitative estimate of drug-likeness (QED) is 0.710. The monoisotopic (exact) mass is 342 g/mol. The highest BCUT2D eigenvalue weighted by Crippen LogP contribution is 2.32. The van der Waals surface area contributed by atoms with E-state index in [9.17, 15) is 9.18 Å². The Morgan fingerprint density at radius 2 is 1.96 bits per heavy atom. The summed E-state index contributed by atoms with van der Waals surface area (Å²) in [5, 5.41) is 2.66. The highest BCUT2D eigenvalue weighted by Gasteiger charge is 2.15. The van der Waals surface area contributed by atoms with Crippen LogP contribution in [0.15, 0.2) is 42.6 Å². The second kappa shape index (κ2) is 6.37. The molecule has 2 aromatic heterocycles. The fourth-order valence-corrected chi connectivity index (χ4v) is 2.70. The van der Waals surface area contributed by atoms with Gasteiger partial charge in [-0.1, -0.05) is 0 Å². The molecule has 3 rings (SSSR count). The Bertz CT molecular complexity index is 959. The fraction of sp³-hybridized carbons (Fsp3) is 0.118. The number of carbonyl (C=O) groups excluding carboxylic acids is 1. The van der Waals surface area contributed by atoms with Crippen LogP contribution in [0.1, 0.15) is 6.92 Å². The zero-order valence-electron chi connectivity index (χ0n) is 13.1. The summed E-state index contributed by atoms with van der Waals surface area (Å²) >= 11 is 5.34. The number of benzene rings is 1. The molecular weight excluding hydrogens is 327 g/mol. The molecular formula is C17H15FN4OS. The van der Waals surface area contributed by atoms with Crippen LogP contribution in [0.5, 0.6) is 0 Å². The molecule has 24 heavy (non-hydrogen) atoms. The Balaban J connectivity index is 2.16. The Morgan fingerprint density at radius 3 is 2.62 bits per heavy atom. The van der Waals surface area contributed by atoms with Crippen molar-refractivity contribution in [2.75, 3.05) is 5.32 Å². The summed E-state index contributed by atoms with van der Waals surface area (Å²) in [4.78, 5) is 18.5. The zero-order chi connectivity index (χ0) is 17.3. The highest BCUT2D eigenvalue weighted by atomic mass is 32.1. The summed E-state index contributed by atoms with van der Waals surface area (Å²) in [5.74, 6) is -0.0373. The lowest BCUT2D eigenvalue weighted by atomic mass is 10.1. The molecule has 122 valence electrons. The van der Waals surface area contributed by atoms with Crippen LogP contribution in [0.4, 0.5) is 10.2 Å². The van der Waals surface area contributed by atoms with E-state index in [1.165, 1.54) is 19.1 Å². The number of carbonyl (C=O) groups is 1. The molecule has 0 atom stereocenters. The first kappa shape index (κ1) is 16.1. The molecule has 5 nitrogen and oxygen atoms in total. The number of pyridine rings is 1. The van der Waals surface area contributed by atoms with Gasteiger partial charge in [-0.3, -0.25) is 4.79 Å². The molecule has 1 aromatic carbocycles. The van der Waals surface area contributed by atoms with E-state index in [0.717, 1.165) is 22.5 Å². The predicted molar refractivity (Wildman–Crippen MR) is 93.5 cm³/mol. The third kappa shape index (κ3) is 3.11. The van der Waals surface area contributed by atoms with Crippen LogP contribution >= 0.6 is 12.2 Å². The van der Waals surface area contributed by atoms with Gasteiger partial charge in [0.1, 0.15) is 11.6 Å². The maximum absolute atomic E-state index is 13.2. The molecule has 0 fully saturated rings. The molecule has 0 bridgehead atoms. The maximum atomic E-state index is 13.2. The minimum Gasteiger partial charge on any atom is -0.330 e. The van der Waals surface area contributed by atoms with Gasteiger partial charge in [0.25, 0.3) is 0 Å². The van der Waals surface area contributed by atoms with Crippen LogP contribution in [-0.4, -0.2) is 20.4 Å². The van der Waals surface area contributed by atoms with Crippen molar-refractivity contribution >= 4 is 23.9 Å². The molecule has 2 N–H and O–H groups in total. The Kier molecular flexibility index (Phi) is 4.26. The van der Waals surface area contributed by atoms with E-state index < -0.39 is 0 Å². The number of imidazole rings is 1. The van der Waals surface area contributed by atoms with Crippen molar-refractivity contribution in [3.05, 3.63) is 53.2 Å². The number of amides is 1. The Labute approximate surface area is 143 Å². The zero-order valence-corrected chi connectivity index (χ0v) is 13.9. The molecule has 0 spiro atoms. The second-order valence-corrected chi connectivity index (χ2v) is 5.72. The summed E-state index contributed by atoms with van der Waals surface area (Å²) in [6.45, 7) is 1.43. The number of H-pyrrole nitrogens is 1. The summed E-state index contributed by atoms with van der Waals surface area (Å²) in [6.07, 6.45) is 1.62. The van der Waals surface area contributed by atoms with Gasteiger partial charge in [-0.25, -0.2) is 9.37 Å². The van der Waals surface area contributed by atoms with Gasteiger partial charge in [0.15, 0.2) is 4.77 Å². The molecule has 0 aliphatic heterocycles. The number of hydrogen-bond donors (Lipinski definition) is 2. The largest absolute Gasteiger partial charge is 0.330 e. The van der Waals surface area contributed by atoms with Crippen molar-refractivity contribution < 1.29 is 9.18 Å². The molecule has 3 aromatic rings. The Morgan fingerprint density at radius 1 is 1.25 bits per heavy atom. The van der Waals surface area contributed by atoms with Crippen LogP contribution in [0, 0.1) is 10.6 Å². The molecule has 0 unspecified atom stereocenters. The number of aromatic nitrogens is 3. The van der Waals surface area contributed by atoms with Gasteiger partial charge in [-0.2, -0.15) is 0 Å². The number of rotatable bonds is 3. The van der Waals surface area contributed by atoms with Gasteiger partial charge in [-0.05, 0) is 48.6 Å². The van der Waals surface area contributed by atoms with E-state index in [-0.39, 0.29) is 11.7 Å². The minimum atomic E-state index is -0.299. The first-order chi connectivity index (χ1) is 11.5. The number of halogens is 1. The lowest BCUT2D eigenvalue weighted by Gasteiger charge is -2.09. The summed E-state index contributed by atoms with van der Waals surface area (Å²) in [6, 6.07) is 9.78. The van der Waals surface area contributed by atoms with E-state index in [0.29, 0.717) is 10.6 Å². The van der Waals surface area contributed by atoms with Gasteiger partial charge in [0.05, 0.1) is 11.4 Å². The molecule has 7 heteroatoms. The third-order valence-corrected chi connectivity index (χ3v) is 3.96. The van der Waals surface area contributed by atoms with E-state index >= 15 is 0 Å². The minimum absolute atomic E-state index is 0.194. The number of nitrogens with one attached hydrogen (secondary N) is 2. The number of nitrogens with zero attached hydrogens (tertiary/aromatic N) is 2. The molecule has 0 aliphatic rings. The number of hydrogen-bond acceptors (Lipinski definition) is 3. The lowest BCUT2D eigenvalue weighted by Crippen LogP contribution is -2.07. The van der Waals surface area contributed by atoms with Crippen LogP contribution in [-0.2, 0) is 11.8 Å². The van der Waals surface area contributed by atoms with E-state index in [1.807, 2.05) is 17.7 Å². The Hall–Kier alpha value is -2.80. The van der Waals surface area contributed by atoms with Crippen LogP contribution in [0.25, 0.3) is 22.5 Å². The summed E-state index contributed by atoms with van der Waals surface area (Å²) < 4.78 is 15.6. The lowest BCUT2D eigenvalue weighted by molar-refractivity contribution is -0.114. The van der Waals surface area contributed by atoms with E-state index in [2.05, 4.69) is 15.3 Å². The fourth-order valence-electron chi connectivity index (χ4n) is 2.51. The smallest absolute Gasteiger partial charge is 0.222 e. The number of aromatic amines is 1. The first-order valence-corrected chi connectivity index (χ1v) is 7.65. The molecule has 1 amide bonds. The number of anilines is 1. The van der Waals surface area contributed by atoms with Gasteiger partial charge in [0, 0.05) is 31.3 Å². The van der Waals surface area contributed by atoms with Crippen molar-refractivity contribution in [1.82, 2.24) is 14.5 Å². The van der Waals surface area contributed by atoms with Crippen molar-refractivity contribution in [3.63, 3.8) is 0 Å². The van der Waals surface area contributed by atoms with E-state index in [4.69, 9.17) is 12.2 Å². The van der Waals surface area contributed by atoms with Gasteiger partial charge in [0.2, 0.25) is 5.91 Å². The predicted octanol–water partition coefficient (Wildman–Crippen LogP) is 3.91. The van der Waals surface area contributed by atoms with Gasteiger partial charge >= 0.3 is 0 Å². The average molecular weight is 342 g/mol. The normalized spacial score (nSPS) is 10.6. The van der Waals surface area contributed by atoms with Crippen LogP contribution < -0.4 is 5.32 Å². The van der Waals surface area contributed by atoms with Crippen LogP contribution in [0.3, 0.4) is 0 Å². The van der Waals surface area contributed by atoms with E-state index in [1.54, 1.807) is 24.4 Å². The molecule has 2 heterocycles. The van der Waals surface area contributed by atoms with Crippen LogP contribution in [0.2, 0.25) is 0 Å². The molecule has 0 saturated carbocycles. The second-order valence-electron chi connectivity index (χ2n) is 5.33. The first-order valence-electron chi connectivity index (χ1n) is 7.24. The summed E-state index contributed by atoms with van der Waals surface area (Å²) in [7, 11) is 1.85. The van der Waals surface area contributed by atoms with Gasteiger partial charge in [-0.15, -0.1) is 0 Å². The van der Waals surface area contributed by atoms with Crippen molar-refractivity contribution in [2.45, 2.75) is 6.92 Å². The maximum Gasteiger partial charge on any atom is 0.222 e. The van der Waals surface area contributed by atoms with Crippen molar-refractivity contribution in [3.8, 4) is 22.5 Å². The van der Waals surface area contributed by atoms with Crippen molar-refractivity contribution in [2.24, 2.45) is 7.05 Å². The standard InChI is InChI=1S/C17H15FN4OS/c1-10(23)20-14-9-12(7-8-19-14)16-15(21-17(24)22(16)2)11-3-5-13(18)6-4-11/h3-9H,1-2H3,(H,21,24)(H,19,20,23). The molecule has 0 saturated heterocycles. The van der Waals surface area contributed by atoms with Crippen molar-refractivity contribution in [1.29, 1.82) is 0 Å². The molecule has 0 radical (unpaired) electrons. The molecule has 0 aliphatic carbocycles. The average Bonchev–Trinajstić information content (AvgIpc) is 2.83. The third-order valence-electron chi connectivity index (χ3n) is 3.58. The van der Waals surface area contributed by atoms with Gasteiger partial charge < -0.3 is 14.9 Å². The summed E-state index contributed by atoms with van der Waals surface area (Å²) in [5.41, 5.74) is 3.27.